The number of benzene rings is 1. The molecular weight excluding hydrogens is 234 g/mol. The van der Waals surface area contributed by atoms with Crippen LogP contribution in [0.4, 0.5) is 0 Å². The third kappa shape index (κ3) is 2.87. The van der Waals surface area contributed by atoms with Crippen molar-refractivity contribution >= 4 is 9.84 Å². The lowest BCUT2D eigenvalue weighted by molar-refractivity contribution is 0.510. The van der Waals surface area contributed by atoms with Crippen molar-refractivity contribution in [2.45, 2.75) is 31.1 Å². The maximum atomic E-state index is 12.3. The third-order valence-electron chi connectivity index (χ3n) is 3.48. The SMILES string of the molecule is Cc1cccc(S(=O)(=O)CC2(CCN)CC2)c1. The van der Waals surface area contributed by atoms with Crippen molar-refractivity contribution < 1.29 is 8.42 Å². The summed E-state index contributed by atoms with van der Waals surface area (Å²) in [5, 5.41) is 0. The lowest BCUT2D eigenvalue weighted by Gasteiger charge is -2.14. The van der Waals surface area contributed by atoms with Crippen LogP contribution in [0.2, 0.25) is 0 Å². The van der Waals surface area contributed by atoms with Crippen molar-refractivity contribution in [3.63, 3.8) is 0 Å². The van der Waals surface area contributed by atoms with Crippen LogP contribution in [-0.2, 0) is 9.84 Å². The van der Waals surface area contributed by atoms with E-state index in [0.717, 1.165) is 24.8 Å². The molecule has 3 nitrogen and oxygen atoms in total. The summed E-state index contributed by atoms with van der Waals surface area (Å²) < 4.78 is 24.5. The molecule has 1 fully saturated rings. The first-order chi connectivity index (χ1) is 7.97. The van der Waals surface area contributed by atoms with E-state index in [1.165, 1.54) is 0 Å². The first-order valence-electron chi connectivity index (χ1n) is 5.97. The molecule has 0 amide bonds. The molecule has 0 spiro atoms. The van der Waals surface area contributed by atoms with Crippen molar-refractivity contribution in [3.05, 3.63) is 29.8 Å². The van der Waals surface area contributed by atoms with Gasteiger partial charge in [-0.25, -0.2) is 8.42 Å². The maximum absolute atomic E-state index is 12.3. The first-order valence-corrected chi connectivity index (χ1v) is 7.62. The molecule has 1 aromatic carbocycles. The molecule has 0 heterocycles. The van der Waals surface area contributed by atoms with E-state index in [9.17, 15) is 8.42 Å². The second-order valence-electron chi connectivity index (χ2n) is 5.11. The summed E-state index contributed by atoms with van der Waals surface area (Å²) in [4.78, 5) is 0.445. The zero-order chi connectivity index (χ0) is 12.5. The molecule has 0 aromatic heterocycles. The van der Waals surface area contributed by atoms with Gasteiger partial charge >= 0.3 is 0 Å². The topological polar surface area (TPSA) is 60.2 Å². The molecule has 2 N–H and O–H groups in total. The zero-order valence-corrected chi connectivity index (χ0v) is 11.0. The Morgan fingerprint density at radius 2 is 2.06 bits per heavy atom. The summed E-state index contributed by atoms with van der Waals surface area (Å²) in [6.07, 6.45) is 2.81. The van der Waals surface area contributed by atoms with E-state index >= 15 is 0 Å². The van der Waals surface area contributed by atoms with Crippen molar-refractivity contribution in [2.75, 3.05) is 12.3 Å². The molecule has 0 bridgehead atoms. The predicted molar refractivity (Wildman–Crippen MR) is 68.6 cm³/mol. The Hall–Kier alpha value is -0.870. The normalized spacial score (nSPS) is 18.0. The Balaban J connectivity index is 2.20. The molecule has 1 aromatic rings. The van der Waals surface area contributed by atoms with Crippen LogP contribution in [0.15, 0.2) is 29.2 Å². The van der Waals surface area contributed by atoms with E-state index < -0.39 is 9.84 Å². The second kappa shape index (κ2) is 4.42. The molecule has 0 aliphatic heterocycles. The smallest absolute Gasteiger partial charge is 0.178 e. The Morgan fingerprint density at radius 3 is 2.59 bits per heavy atom. The van der Waals surface area contributed by atoms with Crippen molar-refractivity contribution in [1.82, 2.24) is 0 Å². The molecule has 17 heavy (non-hydrogen) atoms. The molecular formula is C13H19NO2S. The molecule has 0 radical (unpaired) electrons. The van der Waals surface area contributed by atoms with Gasteiger partial charge in [-0.15, -0.1) is 0 Å². The quantitative estimate of drug-likeness (QED) is 0.872. The van der Waals surface area contributed by atoms with Gasteiger partial charge in [-0.3, -0.25) is 0 Å². The van der Waals surface area contributed by atoms with Gasteiger partial charge in [0, 0.05) is 0 Å². The summed E-state index contributed by atoms with van der Waals surface area (Å²) >= 11 is 0. The highest BCUT2D eigenvalue weighted by atomic mass is 32.2. The Kier molecular flexibility index (Phi) is 3.27. The minimum absolute atomic E-state index is 0.0304. The third-order valence-corrected chi connectivity index (χ3v) is 5.44. The second-order valence-corrected chi connectivity index (χ2v) is 7.10. The average molecular weight is 253 g/mol. The van der Waals surface area contributed by atoms with Crippen LogP contribution in [0.5, 0.6) is 0 Å². The minimum Gasteiger partial charge on any atom is -0.330 e. The van der Waals surface area contributed by atoms with E-state index in [0.29, 0.717) is 11.4 Å². The number of nitrogens with two attached hydrogens (primary N) is 1. The summed E-state index contributed by atoms with van der Waals surface area (Å²) in [6.45, 7) is 2.48. The molecule has 0 saturated heterocycles. The summed E-state index contributed by atoms with van der Waals surface area (Å²) in [5.41, 5.74) is 6.49. The number of hydrogen-bond donors (Lipinski definition) is 1. The summed E-state index contributed by atoms with van der Waals surface area (Å²) in [6, 6.07) is 7.13. The fourth-order valence-electron chi connectivity index (χ4n) is 2.24. The van der Waals surface area contributed by atoms with E-state index in [1.54, 1.807) is 18.2 Å². The van der Waals surface area contributed by atoms with E-state index in [4.69, 9.17) is 5.73 Å². The number of rotatable bonds is 5. The van der Waals surface area contributed by atoms with Gasteiger partial charge in [0.2, 0.25) is 0 Å². The van der Waals surface area contributed by atoms with Crippen LogP contribution in [-0.4, -0.2) is 20.7 Å². The number of sulfone groups is 1. The molecule has 0 atom stereocenters. The maximum Gasteiger partial charge on any atom is 0.178 e. The molecule has 0 unspecified atom stereocenters. The lowest BCUT2D eigenvalue weighted by atomic mass is 10.1. The fraction of sp³-hybridized carbons (Fsp3) is 0.538. The van der Waals surface area contributed by atoms with E-state index in [2.05, 4.69) is 0 Å². The van der Waals surface area contributed by atoms with Crippen molar-refractivity contribution in [1.29, 1.82) is 0 Å². The van der Waals surface area contributed by atoms with Gasteiger partial charge in [-0.05, 0) is 55.8 Å². The fourth-order valence-corrected chi connectivity index (χ4v) is 4.30. The van der Waals surface area contributed by atoms with Crippen molar-refractivity contribution in [2.24, 2.45) is 11.1 Å². The average Bonchev–Trinajstić information content (AvgIpc) is 2.97. The molecule has 1 aliphatic carbocycles. The number of aryl methyl sites for hydroxylation is 1. The Morgan fingerprint density at radius 1 is 1.35 bits per heavy atom. The van der Waals surface area contributed by atoms with Crippen LogP contribution >= 0.6 is 0 Å². The van der Waals surface area contributed by atoms with Crippen LogP contribution in [0.25, 0.3) is 0 Å². The Labute approximate surface area is 103 Å². The molecule has 1 aliphatic rings. The largest absolute Gasteiger partial charge is 0.330 e. The molecule has 94 valence electrons. The highest BCUT2D eigenvalue weighted by molar-refractivity contribution is 7.91. The van der Waals surface area contributed by atoms with Crippen LogP contribution in [0.3, 0.4) is 0 Å². The first kappa shape index (κ1) is 12.6. The highest BCUT2D eigenvalue weighted by Gasteiger charge is 2.45. The van der Waals surface area contributed by atoms with Gasteiger partial charge in [0.15, 0.2) is 9.84 Å². The van der Waals surface area contributed by atoms with Gasteiger partial charge in [0.1, 0.15) is 0 Å². The van der Waals surface area contributed by atoms with E-state index in [1.807, 2.05) is 13.0 Å². The summed E-state index contributed by atoms with van der Waals surface area (Å²) in [7, 11) is -3.16. The van der Waals surface area contributed by atoms with E-state index in [-0.39, 0.29) is 11.2 Å². The van der Waals surface area contributed by atoms with Crippen molar-refractivity contribution in [3.8, 4) is 0 Å². The van der Waals surface area contributed by atoms with Gasteiger partial charge in [-0.2, -0.15) is 0 Å². The van der Waals surface area contributed by atoms with Crippen LogP contribution in [0, 0.1) is 12.3 Å². The van der Waals surface area contributed by atoms with Gasteiger partial charge in [-0.1, -0.05) is 12.1 Å². The van der Waals surface area contributed by atoms with Gasteiger partial charge < -0.3 is 5.73 Å². The molecule has 2 rings (SSSR count). The zero-order valence-electron chi connectivity index (χ0n) is 10.1. The molecule has 1 saturated carbocycles. The van der Waals surface area contributed by atoms with Gasteiger partial charge in [0.05, 0.1) is 10.6 Å². The predicted octanol–water partition coefficient (Wildman–Crippen LogP) is 1.90. The number of hydrogen-bond acceptors (Lipinski definition) is 3. The Bertz CT molecular complexity index is 504. The van der Waals surface area contributed by atoms with Gasteiger partial charge in [0.25, 0.3) is 0 Å². The lowest BCUT2D eigenvalue weighted by Crippen LogP contribution is -2.20. The van der Waals surface area contributed by atoms with Crippen LogP contribution < -0.4 is 5.73 Å². The highest BCUT2D eigenvalue weighted by Crippen LogP contribution is 2.50. The molecule has 4 heteroatoms. The summed E-state index contributed by atoms with van der Waals surface area (Å²) in [5.74, 6) is 0.251. The standard InChI is InChI=1S/C13H19NO2S/c1-11-3-2-4-12(9-11)17(15,16)10-13(5-6-13)7-8-14/h2-4,9H,5-8,10,14H2,1H3. The minimum atomic E-state index is -3.16. The van der Waals surface area contributed by atoms with Crippen LogP contribution in [0.1, 0.15) is 24.8 Å². The monoisotopic (exact) mass is 253 g/mol.